The molecule has 3 N–H and O–H groups in total. The third kappa shape index (κ3) is 4.07. The van der Waals surface area contributed by atoms with Crippen molar-refractivity contribution in [3.63, 3.8) is 0 Å². The van der Waals surface area contributed by atoms with Gasteiger partial charge in [-0.25, -0.2) is 4.79 Å². The molecule has 1 unspecified atom stereocenters. The van der Waals surface area contributed by atoms with Crippen molar-refractivity contribution in [2.45, 2.75) is 32.9 Å². The van der Waals surface area contributed by atoms with Gasteiger partial charge in [0.05, 0.1) is 6.61 Å². The van der Waals surface area contributed by atoms with Crippen molar-refractivity contribution in [2.75, 3.05) is 31.1 Å². The van der Waals surface area contributed by atoms with Crippen LogP contribution in [0.4, 0.5) is 10.5 Å². The molecule has 1 heterocycles. The minimum atomic E-state index is -0.847. The van der Waals surface area contributed by atoms with E-state index in [1.807, 2.05) is 25.1 Å². The largest absolute Gasteiger partial charge is 0.493 e. The number of hydrogen-bond donors (Lipinski definition) is 2. The van der Waals surface area contributed by atoms with Gasteiger partial charge < -0.3 is 25.4 Å². The second-order valence-electron chi connectivity index (χ2n) is 6.96. The zero-order valence-electron chi connectivity index (χ0n) is 16.6. The lowest BCUT2D eigenvalue weighted by molar-refractivity contribution is 0.134. The topological polar surface area (TPSA) is 79.0 Å². The molecule has 0 saturated carbocycles. The molecule has 1 atom stereocenters. The fourth-order valence-corrected chi connectivity index (χ4v) is 3.88. The fraction of sp³-hybridized carbons (Fsp3) is 0.409. The highest BCUT2D eigenvalue weighted by atomic mass is 16.5. The fourth-order valence-electron chi connectivity index (χ4n) is 3.88. The predicted octanol–water partition coefficient (Wildman–Crippen LogP) is 3.79. The van der Waals surface area contributed by atoms with E-state index in [-0.39, 0.29) is 6.04 Å². The van der Waals surface area contributed by atoms with Crippen LogP contribution in [-0.2, 0) is 6.54 Å². The van der Waals surface area contributed by atoms with Crippen molar-refractivity contribution in [2.24, 2.45) is 5.73 Å². The Morgan fingerprint density at radius 1 is 1.21 bits per heavy atom. The third-order valence-corrected chi connectivity index (χ3v) is 5.33. The van der Waals surface area contributed by atoms with E-state index in [1.54, 1.807) is 0 Å². The zero-order valence-corrected chi connectivity index (χ0v) is 16.6. The molecular formula is C22H29N3O3. The molecule has 1 amide bonds. The first kappa shape index (κ1) is 20.0. The van der Waals surface area contributed by atoms with Gasteiger partial charge in [-0.15, -0.1) is 0 Å². The quantitative estimate of drug-likeness (QED) is 0.793. The van der Waals surface area contributed by atoms with E-state index in [1.165, 1.54) is 4.90 Å². The van der Waals surface area contributed by atoms with Crippen LogP contribution >= 0.6 is 0 Å². The molecule has 6 nitrogen and oxygen atoms in total. The monoisotopic (exact) mass is 383 g/mol. The first-order valence-electron chi connectivity index (χ1n) is 9.88. The lowest BCUT2D eigenvalue weighted by Crippen LogP contribution is -2.54. The molecule has 0 bridgehead atoms. The number of hydrogen-bond acceptors (Lipinski definition) is 4. The smallest absolute Gasteiger partial charge is 0.407 e. The average molecular weight is 383 g/mol. The summed E-state index contributed by atoms with van der Waals surface area (Å²) in [4.78, 5) is 15.1. The van der Waals surface area contributed by atoms with Crippen LogP contribution in [0.5, 0.6) is 5.75 Å². The lowest BCUT2D eigenvalue weighted by atomic mass is 9.98. The molecule has 28 heavy (non-hydrogen) atoms. The summed E-state index contributed by atoms with van der Waals surface area (Å²) in [7, 11) is 0. The first-order chi connectivity index (χ1) is 13.6. The van der Waals surface area contributed by atoms with E-state index >= 15 is 0 Å². The molecule has 2 aromatic carbocycles. The summed E-state index contributed by atoms with van der Waals surface area (Å²) < 4.78 is 5.78. The molecule has 1 fully saturated rings. The summed E-state index contributed by atoms with van der Waals surface area (Å²) in [5.74, 6) is 0.863. The zero-order chi connectivity index (χ0) is 20.1. The maximum Gasteiger partial charge on any atom is 0.407 e. The van der Waals surface area contributed by atoms with Crippen molar-refractivity contribution < 1.29 is 14.6 Å². The van der Waals surface area contributed by atoms with Gasteiger partial charge in [-0.2, -0.15) is 0 Å². The molecule has 1 aliphatic rings. The summed E-state index contributed by atoms with van der Waals surface area (Å²) in [5, 5.41) is 9.32. The SMILES string of the molecule is CCOc1ccccc1-c1ccc(N2CCN(C(=O)O)CC2CC)c(CN)c1. The third-order valence-electron chi connectivity index (χ3n) is 5.33. The van der Waals surface area contributed by atoms with Crippen molar-refractivity contribution in [3.8, 4) is 16.9 Å². The van der Waals surface area contributed by atoms with Crippen molar-refractivity contribution in [1.82, 2.24) is 4.90 Å². The minimum absolute atomic E-state index is 0.150. The molecule has 1 saturated heterocycles. The maximum atomic E-state index is 11.3. The van der Waals surface area contributed by atoms with Crippen molar-refractivity contribution in [1.29, 1.82) is 0 Å². The van der Waals surface area contributed by atoms with E-state index in [0.29, 0.717) is 32.8 Å². The van der Waals surface area contributed by atoms with Crippen LogP contribution in [0.1, 0.15) is 25.8 Å². The van der Waals surface area contributed by atoms with Gasteiger partial charge in [0.2, 0.25) is 0 Å². The van der Waals surface area contributed by atoms with Gasteiger partial charge >= 0.3 is 6.09 Å². The summed E-state index contributed by atoms with van der Waals surface area (Å²) >= 11 is 0. The second kappa shape index (κ2) is 8.97. The van der Waals surface area contributed by atoms with Gasteiger partial charge in [-0.1, -0.05) is 31.2 Å². The number of ether oxygens (including phenoxy) is 1. The summed E-state index contributed by atoms with van der Waals surface area (Å²) in [6.45, 7) is 6.81. The Hall–Kier alpha value is -2.73. The van der Waals surface area contributed by atoms with E-state index in [9.17, 15) is 9.90 Å². The normalized spacial score (nSPS) is 16.9. The van der Waals surface area contributed by atoms with E-state index in [0.717, 1.165) is 34.5 Å². The molecule has 1 aliphatic heterocycles. The molecule has 0 aliphatic carbocycles. The highest BCUT2D eigenvalue weighted by Gasteiger charge is 2.29. The van der Waals surface area contributed by atoms with Crippen LogP contribution in [0, 0.1) is 0 Å². The van der Waals surface area contributed by atoms with Crippen LogP contribution < -0.4 is 15.4 Å². The van der Waals surface area contributed by atoms with Crippen molar-refractivity contribution >= 4 is 11.8 Å². The van der Waals surface area contributed by atoms with Gasteiger partial charge in [0.1, 0.15) is 5.75 Å². The number of para-hydroxylation sites is 1. The van der Waals surface area contributed by atoms with Gasteiger partial charge in [0.25, 0.3) is 0 Å². The lowest BCUT2D eigenvalue weighted by Gasteiger charge is -2.42. The Bertz CT molecular complexity index is 824. The molecule has 0 aromatic heterocycles. The Morgan fingerprint density at radius 3 is 2.68 bits per heavy atom. The number of anilines is 1. The highest BCUT2D eigenvalue weighted by Crippen LogP contribution is 2.34. The Morgan fingerprint density at radius 2 is 2.00 bits per heavy atom. The van der Waals surface area contributed by atoms with Gasteiger partial charge in [-0.3, -0.25) is 0 Å². The number of carbonyl (C=O) groups is 1. The summed E-state index contributed by atoms with van der Waals surface area (Å²) in [6, 6.07) is 14.5. The second-order valence-corrected chi connectivity index (χ2v) is 6.96. The number of piperazine rings is 1. The van der Waals surface area contributed by atoms with Crippen LogP contribution in [0.3, 0.4) is 0 Å². The minimum Gasteiger partial charge on any atom is -0.493 e. The molecule has 6 heteroatoms. The molecule has 0 radical (unpaired) electrons. The van der Waals surface area contributed by atoms with Gasteiger partial charge in [0, 0.05) is 43.5 Å². The number of nitrogens with two attached hydrogens (primary N) is 1. The number of carboxylic acid groups (broad SMARTS) is 1. The Labute approximate surface area is 166 Å². The van der Waals surface area contributed by atoms with E-state index in [2.05, 4.69) is 36.1 Å². The van der Waals surface area contributed by atoms with Crippen LogP contribution in [0.2, 0.25) is 0 Å². The van der Waals surface area contributed by atoms with Gasteiger partial charge in [0.15, 0.2) is 0 Å². The Kier molecular flexibility index (Phi) is 6.41. The number of amides is 1. The standard InChI is InChI=1S/C22H29N3O3/c1-3-18-15-24(22(26)27)11-12-25(18)20-10-9-16(13-17(20)14-23)19-7-5-6-8-21(19)28-4-2/h5-10,13,18H,3-4,11-12,14-15,23H2,1-2H3,(H,26,27). The molecule has 150 valence electrons. The predicted molar refractivity (Wildman–Crippen MR) is 112 cm³/mol. The summed E-state index contributed by atoms with van der Waals surface area (Å²) in [5.41, 5.74) is 10.4. The molecule has 3 rings (SSSR count). The first-order valence-corrected chi connectivity index (χ1v) is 9.88. The van der Waals surface area contributed by atoms with Crippen LogP contribution in [0.15, 0.2) is 42.5 Å². The summed E-state index contributed by atoms with van der Waals surface area (Å²) in [6.07, 6.45) is 0.0305. The van der Waals surface area contributed by atoms with E-state index in [4.69, 9.17) is 10.5 Å². The Balaban J connectivity index is 1.93. The molecular weight excluding hydrogens is 354 g/mol. The van der Waals surface area contributed by atoms with Crippen LogP contribution in [-0.4, -0.2) is 48.4 Å². The maximum absolute atomic E-state index is 11.3. The number of benzene rings is 2. The van der Waals surface area contributed by atoms with Crippen molar-refractivity contribution in [3.05, 3.63) is 48.0 Å². The van der Waals surface area contributed by atoms with Crippen LogP contribution in [0.25, 0.3) is 11.1 Å². The van der Waals surface area contributed by atoms with Gasteiger partial charge in [-0.05, 0) is 42.7 Å². The molecule has 0 spiro atoms. The number of nitrogens with zero attached hydrogens (tertiary/aromatic N) is 2. The number of rotatable bonds is 6. The van der Waals surface area contributed by atoms with E-state index < -0.39 is 6.09 Å². The molecule has 2 aromatic rings. The highest BCUT2D eigenvalue weighted by molar-refractivity contribution is 5.74. The average Bonchev–Trinajstić information content (AvgIpc) is 2.73.